The van der Waals surface area contributed by atoms with E-state index in [4.69, 9.17) is 4.42 Å². The van der Waals surface area contributed by atoms with Crippen LogP contribution in [0.4, 0.5) is 17.1 Å². The van der Waals surface area contributed by atoms with Crippen LogP contribution in [-0.4, -0.2) is 0 Å². The van der Waals surface area contributed by atoms with Crippen LogP contribution in [0, 0.1) is 29.1 Å². The summed E-state index contributed by atoms with van der Waals surface area (Å²) in [6, 6.07) is 60.8. The zero-order valence-electron chi connectivity index (χ0n) is 30.8. The van der Waals surface area contributed by atoms with Crippen LogP contribution in [-0.2, 0) is 5.41 Å². The Bertz CT molecular complexity index is 2850. The van der Waals surface area contributed by atoms with Crippen LogP contribution in [0.15, 0.2) is 168 Å². The first-order chi connectivity index (χ1) is 27.2. The number of hydrogen-bond donors (Lipinski definition) is 0. The van der Waals surface area contributed by atoms with Crippen LogP contribution in [0.2, 0.25) is 0 Å². The Kier molecular flexibility index (Phi) is 6.03. The van der Waals surface area contributed by atoms with Crippen molar-refractivity contribution in [2.24, 2.45) is 29.1 Å². The molecule has 8 aromatic rings. The fourth-order valence-corrected chi connectivity index (χ4v) is 13.4. The molecular weight excluding hydrogens is 667 g/mol. The molecule has 6 aliphatic carbocycles. The minimum Gasteiger partial charge on any atom is -0.456 e. The zero-order valence-corrected chi connectivity index (χ0v) is 30.8. The highest BCUT2D eigenvalue weighted by Crippen LogP contribution is 2.84. The highest BCUT2D eigenvalue weighted by molar-refractivity contribution is 6.06. The highest BCUT2D eigenvalue weighted by atomic mass is 16.3. The lowest BCUT2D eigenvalue weighted by molar-refractivity contribution is -0.140. The summed E-state index contributed by atoms with van der Waals surface area (Å²) in [6.07, 6.45) is 7.29. The molecule has 264 valence electrons. The van der Waals surface area contributed by atoms with Crippen LogP contribution in [0.25, 0.3) is 55.3 Å². The van der Waals surface area contributed by atoms with Gasteiger partial charge in [0.05, 0.1) is 5.69 Å². The summed E-state index contributed by atoms with van der Waals surface area (Å²) in [6.45, 7) is 0. The monoisotopic (exact) mass is 707 g/mol. The molecule has 0 aliphatic heterocycles. The molecule has 6 unspecified atom stereocenters. The molecule has 7 aromatic carbocycles. The number of rotatable bonds is 5. The van der Waals surface area contributed by atoms with E-state index in [1.165, 1.54) is 65.5 Å². The molecule has 2 nitrogen and oxygen atoms in total. The van der Waals surface area contributed by atoms with Crippen LogP contribution < -0.4 is 4.90 Å². The minimum atomic E-state index is 0.215. The molecule has 1 aromatic heterocycles. The largest absolute Gasteiger partial charge is 0.456 e. The summed E-state index contributed by atoms with van der Waals surface area (Å²) < 4.78 is 6.42. The van der Waals surface area contributed by atoms with Crippen molar-refractivity contribution in [1.29, 1.82) is 0 Å². The van der Waals surface area contributed by atoms with Crippen LogP contribution >= 0.6 is 0 Å². The summed E-state index contributed by atoms with van der Waals surface area (Å²) in [4.78, 5) is 2.39. The van der Waals surface area contributed by atoms with E-state index in [0.29, 0.717) is 5.41 Å². The number of furan rings is 1. The van der Waals surface area contributed by atoms with Crippen molar-refractivity contribution < 1.29 is 4.42 Å². The van der Waals surface area contributed by atoms with Crippen molar-refractivity contribution >= 4 is 39.0 Å². The zero-order chi connectivity index (χ0) is 35.9. The van der Waals surface area contributed by atoms with Gasteiger partial charge in [0.15, 0.2) is 0 Å². The fraction of sp³-hybridized carbons (Fsp3) is 0.208. The van der Waals surface area contributed by atoms with Crippen molar-refractivity contribution in [2.75, 3.05) is 4.90 Å². The minimum absolute atomic E-state index is 0.215. The Morgan fingerprint density at radius 1 is 0.491 bits per heavy atom. The second kappa shape index (κ2) is 10.9. The van der Waals surface area contributed by atoms with Gasteiger partial charge in [-0.3, -0.25) is 0 Å². The van der Waals surface area contributed by atoms with Gasteiger partial charge in [-0.1, -0.05) is 115 Å². The van der Waals surface area contributed by atoms with E-state index in [9.17, 15) is 0 Å². The van der Waals surface area contributed by atoms with Crippen molar-refractivity contribution in [2.45, 2.75) is 37.5 Å². The molecule has 14 rings (SSSR count). The predicted octanol–water partition coefficient (Wildman–Crippen LogP) is 14.1. The number of benzene rings is 7. The Morgan fingerprint density at radius 3 is 2.13 bits per heavy atom. The van der Waals surface area contributed by atoms with Gasteiger partial charge in [-0.2, -0.15) is 0 Å². The third kappa shape index (κ3) is 3.90. The van der Waals surface area contributed by atoms with Gasteiger partial charge in [0, 0.05) is 39.2 Å². The standard InChI is InChI=1S/C53H41NO/c1-2-10-35(11-3-1)41-12-5-8-16-49(41)54(40-23-24-44-43-14-6-9-17-50(43)55-51(44)30-40)39-21-18-34(19-22-39)36-20-25-47-45(28-36)42-13-4-7-15-46(42)53(47)38-27-33-26-37-32-52(53,31-33)48(37)29-38/h1-25,28,30,33,37-38,48H,26-27,29,31-32H2. The predicted molar refractivity (Wildman–Crippen MR) is 225 cm³/mol. The average molecular weight is 708 g/mol. The number of anilines is 3. The molecule has 2 heteroatoms. The maximum atomic E-state index is 6.42. The van der Waals surface area contributed by atoms with Crippen molar-refractivity contribution in [3.63, 3.8) is 0 Å². The molecule has 4 bridgehead atoms. The Balaban J connectivity index is 0.933. The van der Waals surface area contributed by atoms with Crippen LogP contribution in [0.3, 0.4) is 0 Å². The van der Waals surface area contributed by atoms with Gasteiger partial charge < -0.3 is 9.32 Å². The average Bonchev–Trinajstić information content (AvgIpc) is 3.75. The van der Waals surface area contributed by atoms with Crippen LogP contribution in [0.1, 0.15) is 43.2 Å². The molecule has 55 heavy (non-hydrogen) atoms. The molecule has 0 saturated heterocycles. The quantitative estimate of drug-likeness (QED) is 0.177. The summed E-state index contributed by atoms with van der Waals surface area (Å²) in [5, 5.41) is 2.28. The normalized spacial score (nSPS) is 26.3. The number of fused-ring (bicyclic) bond motifs is 6. The van der Waals surface area contributed by atoms with E-state index >= 15 is 0 Å². The lowest BCUT2D eigenvalue weighted by Gasteiger charge is -2.67. The van der Waals surface area contributed by atoms with Gasteiger partial charge in [-0.25, -0.2) is 0 Å². The maximum absolute atomic E-state index is 6.42. The van der Waals surface area contributed by atoms with E-state index < -0.39 is 0 Å². The van der Waals surface area contributed by atoms with Gasteiger partial charge in [-0.05, 0) is 143 Å². The Morgan fingerprint density at radius 2 is 1.22 bits per heavy atom. The molecule has 0 N–H and O–H groups in total. The van der Waals surface area contributed by atoms with E-state index in [2.05, 4.69) is 163 Å². The summed E-state index contributed by atoms with van der Waals surface area (Å²) in [5.74, 6) is 3.67. The second-order valence-electron chi connectivity index (χ2n) is 17.4. The van der Waals surface area contributed by atoms with Gasteiger partial charge in [0.1, 0.15) is 11.2 Å². The molecule has 5 saturated carbocycles. The molecule has 0 amide bonds. The number of para-hydroxylation sites is 2. The summed E-state index contributed by atoms with van der Waals surface area (Å²) in [5.41, 5.74) is 17.0. The summed E-state index contributed by atoms with van der Waals surface area (Å²) >= 11 is 0. The van der Waals surface area contributed by atoms with Gasteiger partial charge in [0.2, 0.25) is 0 Å². The highest BCUT2D eigenvalue weighted by Gasteiger charge is 2.78. The number of hydrogen-bond acceptors (Lipinski definition) is 2. The molecule has 5 fully saturated rings. The third-order valence-electron chi connectivity index (χ3n) is 15.1. The van der Waals surface area contributed by atoms with E-state index in [-0.39, 0.29) is 5.41 Å². The summed E-state index contributed by atoms with van der Waals surface area (Å²) in [7, 11) is 0. The molecular formula is C53H41NO. The Hall–Kier alpha value is -5.86. The molecule has 1 heterocycles. The first-order valence-electron chi connectivity index (χ1n) is 20.4. The SMILES string of the molecule is c1ccc(-c2ccccc2N(c2ccc(-c3ccc4c(c3)-c3ccccc3C43C4CC5CC6CC3(C5)C6C4)cc2)c2ccc3c(c2)oc2ccccc23)cc1. The van der Waals surface area contributed by atoms with Gasteiger partial charge >= 0.3 is 0 Å². The van der Waals surface area contributed by atoms with E-state index in [0.717, 1.165) is 62.7 Å². The van der Waals surface area contributed by atoms with Gasteiger partial charge in [0.25, 0.3) is 0 Å². The number of nitrogens with zero attached hydrogens (tertiary/aromatic N) is 1. The van der Waals surface area contributed by atoms with Crippen molar-refractivity contribution in [3.8, 4) is 33.4 Å². The second-order valence-corrected chi connectivity index (χ2v) is 17.4. The smallest absolute Gasteiger partial charge is 0.137 e. The van der Waals surface area contributed by atoms with Crippen LogP contribution in [0.5, 0.6) is 0 Å². The van der Waals surface area contributed by atoms with Gasteiger partial charge in [-0.15, -0.1) is 0 Å². The Labute approximate surface area is 322 Å². The third-order valence-corrected chi connectivity index (χ3v) is 15.1. The fourth-order valence-electron chi connectivity index (χ4n) is 13.4. The van der Waals surface area contributed by atoms with E-state index in [1.54, 1.807) is 11.1 Å². The lowest BCUT2D eigenvalue weighted by Crippen LogP contribution is -2.62. The van der Waals surface area contributed by atoms with Crippen molar-refractivity contribution in [1.82, 2.24) is 0 Å². The first kappa shape index (κ1) is 30.5. The lowest BCUT2D eigenvalue weighted by atomic mass is 9.36. The molecule has 6 atom stereocenters. The van der Waals surface area contributed by atoms with Crippen molar-refractivity contribution in [3.05, 3.63) is 175 Å². The molecule has 2 spiro atoms. The van der Waals surface area contributed by atoms with E-state index in [1.807, 2.05) is 6.07 Å². The topological polar surface area (TPSA) is 16.4 Å². The first-order valence-corrected chi connectivity index (χ1v) is 20.4. The molecule has 6 aliphatic rings. The molecule has 0 radical (unpaired) electrons. The maximum Gasteiger partial charge on any atom is 0.137 e.